The predicted molar refractivity (Wildman–Crippen MR) is 86.5 cm³/mol. The zero-order valence-corrected chi connectivity index (χ0v) is 14.0. The van der Waals surface area contributed by atoms with Gasteiger partial charge >= 0.3 is 0 Å². The molecular formula is C18H38O. The Morgan fingerprint density at radius 2 is 1.11 bits per heavy atom. The van der Waals surface area contributed by atoms with Gasteiger partial charge in [-0.05, 0) is 26.2 Å². The van der Waals surface area contributed by atoms with Crippen LogP contribution in [0.3, 0.4) is 0 Å². The lowest BCUT2D eigenvalue weighted by molar-refractivity contribution is 0.0203. The Kier molecular flexibility index (Phi) is 11.7. The average Bonchev–Trinajstić information content (AvgIpc) is 2.34. The van der Waals surface area contributed by atoms with E-state index in [2.05, 4.69) is 13.8 Å². The molecule has 1 nitrogen and oxygen atoms in total. The van der Waals surface area contributed by atoms with Crippen molar-refractivity contribution in [2.24, 2.45) is 5.92 Å². The summed E-state index contributed by atoms with van der Waals surface area (Å²) in [6, 6.07) is 0. The van der Waals surface area contributed by atoms with Crippen LogP contribution in [-0.2, 0) is 0 Å². The van der Waals surface area contributed by atoms with Crippen LogP contribution in [0.1, 0.15) is 105 Å². The van der Waals surface area contributed by atoms with Crippen LogP contribution >= 0.6 is 0 Å². The third kappa shape index (κ3) is 12.7. The highest BCUT2D eigenvalue weighted by Crippen LogP contribution is 2.22. The summed E-state index contributed by atoms with van der Waals surface area (Å²) in [5, 5.41) is 9.85. The Balaban J connectivity index is 3.15. The normalized spacial score (nSPS) is 13.7. The number of hydrogen-bond donors (Lipinski definition) is 1. The zero-order chi connectivity index (χ0) is 14.6. The molecule has 0 heterocycles. The minimum Gasteiger partial charge on any atom is -0.390 e. The maximum absolute atomic E-state index is 9.85. The van der Waals surface area contributed by atoms with E-state index in [4.69, 9.17) is 0 Å². The Morgan fingerprint density at radius 3 is 1.47 bits per heavy atom. The van der Waals surface area contributed by atoms with E-state index in [0.717, 1.165) is 0 Å². The first-order valence-corrected chi connectivity index (χ1v) is 8.70. The third-order valence-corrected chi connectivity index (χ3v) is 4.45. The van der Waals surface area contributed by atoms with Gasteiger partial charge in [0, 0.05) is 0 Å². The van der Waals surface area contributed by atoms with Crippen LogP contribution in [0.4, 0.5) is 0 Å². The summed E-state index contributed by atoms with van der Waals surface area (Å²) < 4.78 is 0. The van der Waals surface area contributed by atoms with E-state index >= 15 is 0 Å². The van der Waals surface area contributed by atoms with E-state index in [1.807, 2.05) is 13.8 Å². The fraction of sp³-hybridized carbons (Fsp3) is 1.00. The first-order valence-electron chi connectivity index (χ1n) is 8.70. The summed E-state index contributed by atoms with van der Waals surface area (Å²) in [6.45, 7) is 8.29. The van der Waals surface area contributed by atoms with Gasteiger partial charge in [-0.1, -0.05) is 84.5 Å². The maximum Gasteiger partial charge on any atom is 0.0617 e. The summed E-state index contributed by atoms with van der Waals surface area (Å²) >= 11 is 0. The van der Waals surface area contributed by atoms with Crippen LogP contribution in [0, 0.1) is 5.92 Å². The SMILES string of the molecule is CCCCCCCCCCCCCC(C)C(C)(C)O. The summed E-state index contributed by atoms with van der Waals surface area (Å²) in [5.41, 5.74) is -0.501. The molecule has 0 saturated heterocycles. The van der Waals surface area contributed by atoms with Crippen molar-refractivity contribution < 1.29 is 5.11 Å². The highest BCUT2D eigenvalue weighted by molar-refractivity contribution is 4.73. The molecule has 19 heavy (non-hydrogen) atoms. The lowest BCUT2D eigenvalue weighted by atomic mass is 9.88. The largest absolute Gasteiger partial charge is 0.390 e. The van der Waals surface area contributed by atoms with Gasteiger partial charge in [0.15, 0.2) is 0 Å². The van der Waals surface area contributed by atoms with E-state index in [-0.39, 0.29) is 0 Å². The quantitative estimate of drug-likeness (QED) is 0.401. The predicted octanol–water partition coefficient (Wildman–Crippen LogP) is 6.09. The molecule has 1 unspecified atom stereocenters. The lowest BCUT2D eigenvalue weighted by Gasteiger charge is -2.25. The molecule has 1 N–H and O–H groups in total. The Labute approximate surface area is 122 Å². The smallest absolute Gasteiger partial charge is 0.0617 e. The zero-order valence-electron chi connectivity index (χ0n) is 14.0. The fourth-order valence-electron chi connectivity index (χ4n) is 2.47. The fourth-order valence-corrected chi connectivity index (χ4v) is 2.47. The number of unbranched alkanes of at least 4 members (excludes halogenated alkanes) is 10. The molecule has 0 fully saturated rings. The van der Waals surface area contributed by atoms with Gasteiger partial charge in [-0.3, -0.25) is 0 Å². The summed E-state index contributed by atoms with van der Waals surface area (Å²) in [6.07, 6.45) is 16.5. The van der Waals surface area contributed by atoms with Crippen LogP contribution in [-0.4, -0.2) is 10.7 Å². The molecule has 1 atom stereocenters. The molecular weight excluding hydrogens is 232 g/mol. The first kappa shape index (κ1) is 19.0. The molecule has 0 aromatic rings. The van der Waals surface area contributed by atoms with Crippen molar-refractivity contribution in [2.75, 3.05) is 0 Å². The van der Waals surface area contributed by atoms with E-state index in [9.17, 15) is 5.11 Å². The highest BCUT2D eigenvalue weighted by atomic mass is 16.3. The molecule has 0 spiro atoms. The number of aliphatic hydroxyl groups is 1. The van der Waals surface area contributed by atoms with E-state index in [1.165, 1.54) is 77.0 Å². The van der Waals surface area contributed by atoms with Crippen molar-refractivity contribution in [3.05, 3.63) is 0 Å². The Morgan fingerprint density at radius 1 is 0.737 bits per heavy atom. The second-order valence-corrected chi connectivity index (χ2v) is 6.88. The molecule has 0 aliphatic rings. The van der Waals surface area contributed by atoms with E-state index in [0.29, 0.717) is 5.92 Å². The minimum absolute atomic E-state index is 0.422. The summed E-state index contributed by atoms with van der Waals surface area (Å²) in [4.78, 5) is 0. The van der Waals surface area contributed by atoms with Crippen LogP contribution in [0.5, 0.6) is 0 Å². The van der Waals surface area contributed by atoms with Crippen LogP contribution < -0.4 is 0 Å². The summed E-state index contributed by atoms with van der Waals surface area (Å²) in [5.74, 6) is 0.422. The third-order valence-electron chi connectivity index (χ3n) is 4.45. The van der Waals surface area contributed by atoms with Crippen LogP contribution in [0.15, 0.2) is 0 Å². The first-order chi connectivity index (χ1) is 8.98. The van der Waals surface area contributed by atoms with Gasteiger partial charge in [-0.2, -0.15) is 0 Å². The Hall–Kier alpha value is -0.0400. The molecule has 0 aromatic heterocycles. The molecule has 1 heteroatoms. The second-order valence-electron chi connectivity index (χ2n) is 6.88. The minimum atomic E-state index is -0.501. The topological polar surface area (TPSA) is 20.2 Å². The summed E-state index contributed by atoms with van der Waals surface area (Å²) in [7, 11) is 0. The van der Waals surface area contributed by atoms with Crippen molar-refractivity contribution in [1.82, 2.24) is 0 Å². The van der Waals surface area contributed by atoms with Crippen LogP contribution in [0.25, 0.3) is 0 Å². The second kappa shape index (κ2) is 11.8. The van der Waals surface area contributed by atoms with Crippen LogP contribution in [0.2, 0.25) is 0 Å². The van der Waals surface area contributed by atoms with Gasteiger partial charge in [0.2, 0.25) is 0 Å². The molecule has 0 aliphatic carbocycles. The van der Waals surface area contributed by atoms with Crippen molar-refractivity contribution >= 4 is 0 Å². The lowest BCUT2D eigenvalue weighted by Crippen LogP contribution is -2.28. The number of rotatable bonds is 13. The van der Waals surface area contributed by atoms with Gasteiger partial charge in [-0.15, -0.1) is 0 Å². The average molecular weight is 271 g/mol. The molecule has 116 valence electrons. The van der Waals surface area contributed by atoms with Crippen molar-refractivity contribution in [2.45, 2.75) is 110 Å². The molecule has 0 aromatic carbocycles. The van der Waals surface area contributed by atoms with Crippen molar-refractivity contribution in [3.63, 3.8) is 0 Å². The standard InChI is InChI=1S/C18H38O/c1-5-6-7-8-9-10-11-12-13-14-15-16-17(2)18(3,4)19/h17,19H,5-16H2,1-4H3. The van der Waals surface area contributed by atoms with E-state index in [1.54, 1.807) is 0 Å². The van der Waals surface area contributed by atoms with E-state index < -0.39 is 5.60 Å². The molecule has 0 radical (unpaired) electrons. The van der Waals surface area contributed by atoms with Gasteiger partial charge in [0.25, 0.3) is 0 Å². The molecule has 0 aliphatic heterocycles. The molecule has 0 bridgehead atoms. The number of hydrogen-bond acceptors (Lipinski definition) is 1. The van der Waals surface area contributed by atoms with Gasteiger partial charge in [0.1, 0.15) is 0 Å². The van der Waals surface area contributed by atoms with Gasteiger partial charge in [-0.25, -0.2) is 0 Å². The van der Waals surface area contributed by atoms with Crippen molar-refractivity contribution in [1.29, 1.82) is 0 Å². The monoisotopic (exact) mass is 270 g/mol. The van der Waals surface area contributed by atoms with Gasteiger partial charge in [0.05, 0.1) is 5.60 Å². The Bertz CT molecular complexity index is 181. The molecule has 0 saturated carbocycles. The maximum atomic E-state index is 9.85. The molecule has 0 rings (SSSR count). The van der Waals surface area contributed by atoms with Gasteiger partial charge < -0.3 is 5.11 Å². The van der Waals surface area contributed by atoms with Crippen molar-refractivity contribution in [3.8, 4) is 0 Å². The molecule has 0 amide bonds. The highest BCUT2D eigenvalue weighted by Gasteiger charge is 2.21.